The third-order valence-electron chi connectivity index (χ3n) is 3.77. The van der Waals surface area contributed by atoms with Crippen LogP contribution in [0.15, 0.2) is 18.6 Å². The maximum absolute atomic E-state index is 4.36. The Balaban J connectivity index is 2.05. The molecule has 0 amide bonds. The molecule has 0 saturated carbocycles. The van der Waals surface area contributed by atoms with Gasteiger partial charge in [0, 0.05) is 37.6 Å². The van der Waals surface area contributed by atoms with Crippen LogP contribution >= 0.6 is 0 Å². The number of nitrogens with one attached hydrogen (secondary N) is 1. The van der Waals surface area contributed by atoms with Crippen LogP contribution in [0, 0.1) is 6.92 Å². The average Bonchev–Trinajstić information content (AvgIpc) is 2.98. The number of aromatic nitrogens is 4. The fraction of sp³-hybridized carbons (Fsp3) is 0.600. The highest BCUT2D eigenvalue weighted by Gasteiger charge is 2.16. The van der Waals surface area contributed by atoms with E-state index >= 15 is 0 Å². The molecule has 0 aliphatic heterocycles. The van der Waals surface area contributed by atoms with Crippen LogP contribution in [-0.4, -0.2) is 26.1 Å². The minimum atomic E-state index is 0.365. The minimum Gasteiger partial charge on any atom is -0.310 e. The summed E-state index contributed by atoms with van der Waals surface area (Å²) in [7, 11) is 3.96. The van der Waals surface area contributed by atoms with Crippen molar-refractivity contribution < 1.29 is 0 Å². The molecule has 0 spiro atoms. The summed E-state index contributed by atoms with van der Waals surface area (Å²) in [6.07, 6.45) is 9.27. The third kappa shape index (κ3) is 3.48. The second-order valence-electron chi connectivity index (χ2n) is 5.38. The summed E-state index contributed by atoms with van der Waals surface area (Å²) in [6.45, 7) is 5.36. The Kier molecular flexibility index (Phi) is 4.95. The molecule has 0 saturated heterocycles. The van der Waals surface area contributed by atoms with Crippen LogP contribution in [0.25, 0.3) is 0 Å². The van der Waals surface area contributed by atoms with Gasteiger partial charge in [0.05, 0.1) is 12.4 Å². The monoisotopic (exact) mass is 275 g/mol. The predicted octanol–water partition coefficient (Wildman–Crippen LogP) is 2.14. The lowest BCUT2D eigenvalue weighted by Crippen LogP contribution is -2.23. The molecule has 0 aliphatic carbocycles. The fourth-order valence-electron chi connectivity index (χ4n) is 2.46. The first-order valence-corrected chi connectivity index (χ1v) is 7.31. The van der Waals surface area contributed by atoms with Gasteiger partial charge in [-0.05, 0) is 38.3 Å². The Morgan fingerprint density at radius 1 is 1.25 bits per heavy atom. The van der Waals surface area contributed by atoms with E-state index in [-0.39, 0.29) is 0 Å². The van der Waals surface area contributed by atoms with E-state index in [0.29, 0.717) is 6.04 Å². The van der Waals surface area contributed by atoms with Crippen LogP contribution < -0.4 is 5.32 Å². The molecule has 2 rings (SSSR count). The molecule has 1 unspecified atom stereocenters. The number of aryl methyl sites for hydroxylation is 3. The molecule has 0 radical (unpaired) electrons. The van der Waals surface area contributed by atoms with Gasteiger partial charge in [0.2, 0.25) is 0 Å². The van der Waals surface area contributed by atoms with E-state index < -0.39 is 0 Å². The van der Waals surface area contributed by atoms with E-state index in [1.807, 2.05) is 35.9 Å². The molecular formula is C15H25N5. The summed E-state index contributed by atoms with van der Waals surface area (Å²) in [5, 5.41) is 12.2. The third-order valence-corrected chi connectivity index (χ3v) is 3.77. The van der Waals surface area contributed by atoms with E-state index in [9.17, 15) is 0 Å². The molecule has 110 valence electrons. The smallest absolute Gasteiger partial charge is 0.0540 e. The van der Waals surface area contributed by atoms with Crippen molar-refractivity contribution in [1.82, 2.24) is 24.9 Å². The van der Waals surface area contributed by atoms with Gasteiger partial charge in [-0.25, -0.2) is 0 Å². The highest BCUT2D eigenvalue weighted by atomic mass is 15.3. The second-order valence-corrected chi connectivity index (χ2v) is 5.38. The van der Waals surface area contributed by atoms with Gasteiger partial charge in [0.1, 0.15) is 0 Å². The molecule has 1 N–H and O–H groups in total. The molecular weight excluding hydrogens is 250 g/mol. The number of hydrogen-bond donors (Lipinski definition) is 1. The average molecular weight is 275 g/mol. The minimum absolute atomic E-state index is 0.365. The van der Waals surface area contributed by atoms with E-state index in [1.165, 1.54) is 16.8 Å². The molecule has 2 aromatic heterocycles. The highest BCUT2D eigenvalue weighted by molar-refractivity contribution is 5.21. The topological polar surface area (TPSA) is 47.7 Å². The zero-order valence-electron chi connectivity index (χ0n) is 12.9. The lowest BCUT2D eigenvalue weighted by molar-refractivity contribution is 0.496. The molecule has 5 heteroatoms. The molecule has 0 fully saturated rings. The van der Waals surface area contributed by atoms with Gasteiger partial charge in [-0.3, -0.25) is 9.36 Å². The van der Waals surface area contributed by atoms with Crippen LogP contribution in [0.3, 0.4) is 0 Å². The number of hydrogen-bond acceptors (Lipinski definition) is 3. The molecule has 1 atom stereocenters. The van der Waals surface area contributed by atoms with E-state index in [1.54, 1.807) is 0 Å². The van der Waals surface area contributed by atoms with Gasteiger partial charge >= 0.3 is 0 Å². The maximum atomic E-state index is 4.36. The van der Waals surface area contributed by atoms with Crippen molar-refractivity contribution in [3.63, 3.8) is 0 Å². The molecule has 0 aliphatic rings. The lowest BCUT2D eigenvalue weighted by atomic mass is 10.0. The quantitative estimate of drug-likeness (QED) is 0.842. The number of rotatable bonds is 7. The first-order chi connectivity index (χ1) is 9.61. The summed E-state index contributed by atoms with van der Waals surface area (Å²) in [6, 6.07) is 0.365. The summed E-state index contributed by atoms with van der Waals surface area (Å²) in [5.74, 6) is 0. The zero-order chi connectivity index (χ0) is 14.5. The van der Waals surface area contributed by atoms with E-state index in [0.717, 1.165) is 25.8 Å². The Morgan fingerprint density at radius 3 is 2.60 bits per heavy atom. The van der Waals surface area contributed by atoms with E-state index in [4.69, 9.17) is 0 Å². The van der Waals surface area contributed by atoms with Gasteiger partial charge in [-0.1, -0.05) is 6.92 Å². The number of nitrogens with zero attached hydrogens (tertiary/aromatic N) is 4. The fourth-order valence-corrected chi connectivity index (χ4v) is 2.46. The van der Waals surface area contributed by atoms with Crippen LogP contribution in [-0.2, 0) is 20.5 Å². The largest absolute Gasteiger partial charge is 0.310 e. The van der Waals surface area contributed by atoms with Crippen molar-refractivity contribution in [2.45, 2.75) is 39.2 Å². The predicted molar refractivity (Wildman–Crippen MR) is 80.5 cm³/mol. The van der Waals surface area contributed by atoms with Gasteiger partial charge in [-0.15, -0.1) is 0 Å². The van der Waals surface area contributed by atoms with Crippen LogP contribution in [0.5, 0.6) is 0 Å². The SMILES string of the molecule is CCCNC(CCc1cnn(C)c1)c1cnn(C)c1C. The molecule has 0 bridgehead atoms. The first-order valence-electron chi connectivity index (χ1n) is 7.31. The molecule has 2 aromatic rings. The van der Waals surface area contributed by atoms with Gasteiger partial charge in [-0.2, -0.15) is 10.2 Å². The summed E-state index contributed by atoms with van der Waals surface area (Å²) < 4.78 is 3.80. The molecule has 0 aromatic carbocycles. The van der Waals surface area contributed by atoms with Gasteiger partial charge < -0.3 is 5.32 Å². The Bertz CT molecular complexity index is 540. The maximum Gasteiger partial charge on any atom is 0.0540 e. The Morgan fingerprint density at radius 2 is 2.05 bits per heavy atom. The Labute approximate surface area is 121 Å². The van der Waals surface area contributed by atoms with Crippen molar-refractivity contribution in [3.8, 4) is 0 Å². The van der Waals surface area contributed by atoms with E-state index in [2.05, 4.69) is 35.6 Å². The molecule has 5 nitrogen and oxygen atoms in total. The first kappa shape index (κ1) is 14.8. The zero-order valence-corrected chi connectivity index (χ0v) is 12.9. The summed E-state index contributed by atoms with van der Waals surface area (Å²) >= 11 is 0. The van der Waals surface area contributed by atoms with Crippen molar-refractivity contribution in [2.75, 3.05) is 6.54 Å². The van der Waals surface area contributed by atoms with Crippen molar-refractivity contribution in [2.24, 2.45) is 14.1 Å². The van der Waals surface area contributed by atoms with Crippen molar-refractivity contribution in [3.05, 3.63) is 35.4 Å². The van der Waals surface area contributed by atoms with Gasteiger partial charge in [0.15, 0.2) is 0 Å². The van der Waals surface area contributed by atoms with Crippen LogP contribution in [0.1, 0.15) is 42.6 Å². The van der Waals surface area contributed by atoms with Crippen LogP contribution in [0.2, 0.25) is 0 Å². The van der Waals surface area contributed by atoms with Crippen molar-refractivity contribution >= 4 is 0 Å². The van der Waals surface area contributed by atoms with Crippen LogP contribution in [0.4, 0.5) is 0 Å². The van der Waals surface area contributed by atoms with Crippen molar-refractivity contribution in [1.29, 1.82) is 0 Å². The second kappa shape index (κ2) is 6.70. The lowest BCUT2D eigenvalue weighted by Gasteiger charge is -2.18. The normalized spacial score (nSPS) is 12.8. The summed E-state index contributed by atoms with van der Waals surface area (Å²) in [5.41, 5.74) is 3.84. The highest BCUT2D eigenvalue weighted by Crippen LogP contribution is 2.22. The molecule has 20 heavy (non-hydrogen) atoms. The van der Waals surface area contributed by atoms with Gasteiger partial charge in [0.25, 0.3) is 0 Å². The summed E-state index contributed by atoms with van der Waals surface area (Å²) in [4.78, 5) is 0. The molecule has 2 heterocycles. The Hall–Kier alpha value is -1.62. The standard InChI is InChI=1S/C15H25N5/c1-5-8-16-15(14-10-18-20(4)12(14)2)7-6-13-9-17-19(3)11-13/h9-11,15-16H,5-8H2,1-4H3.